The lowest BCUT2D eigenvalue weighted by atomic mass is 9.77. The van der Waals surface area contributed by atoms with Gasteiger partial charge in [0.15, 0.2) is 12.1 Å². The lowest BCUT2D eigenvalue weighted by molar-refractivity contribution is -0.143. The number of carbonyl (C=O) groups is 1. The Morgan fingerprint density at radius 3 is 2.96 bits per heavy atom. The average Bonchev–Trinajstić information content (AvgIpc) is 3.21. The maximum Gasteiger partial charge on any atom is 0.322 e. The highest BCUT2D eigenvalue weighted by molar-refractivity contribution is 6.16. The van der Waals surface area contributed by atoms with Crippen LogP contribution in [0.15, 0.2) is 10.1 Å². The number of hydrazone groups is 1. The van der Waals surface area contributed by atoms with Crippen LogP contribution in [0.25, 0.3) is 0 Å². The largest absolute Gasteiger partial charge is 0.465 e. The van der Waals surface area contributed by atoms with Crippen LogP contribution in [0.5, 0.6) is 0 Å². The summed E-state index contributed by atoms with van der Waals surface area (Å²) < 4.78 is 11.1. The van der Waals surface area contributed by atoms with Crippen molar-refractivity contribution in [3.63, 3.8) is 0 Å². The van der Waals surface area contributed by atoms with E-state index in [1.165, 1.54) is 32.1 Å². The minimum atomic E-state index is -0.466. The third-order valence-corrected chi connectivity index (χ3v) is 5.59. The van der Waals surface area contributed by atoms with Gasteiger partial charge in [0, 0.05) is 18.7 Å². The van der Waals surface area contributed by atoms with Crippen molar-refractivity contribution in [3.05, 3.63) is 0 Å². The second kappa shape index (κ2) is 6.23. The Bertz CT molecular complexity index is 527. The lowest BCUT2D eigenvalue weighted by Gasteiger charge is -2.40. The highest BCUT2D eigenvalue weighted by Crippen LogP contribution is 2.42. The SMILES string of the molecule is CCOC(=O)C1C=NN2C1=NC(C1CCCCC1)C1CCOC12. The summed E-state index contributed by atoms with van der Waals surface area (Å²) in [6.07, 6.45) is 9.08. The van der Waals surface area contributed by atoms with E-state index in [-0.39, 0.29) is 18.2 Å². The molecule has 3 heterocycles. The van der Waals surface area contributed by atoms with E-state index >= 15 is 0 Å². The van der Waals surface area contributed by atoms with Gasteiger partial charge in [-0.2, -0.15) is 5.10 Å². The Morgan fingerprint density at radius 1 is 1.35 bits per heavy atom. The van der Waals surface area contributed by atoms with Crippen LogP contribution < -0.4 is 0 Å². The van der Waals surface area contributed by atoms with Gasteiger partial charge in [-0.3, -0.25) is 9.79 Å². The van der Waals surface area contributed by atoms with E-state index in [9.17, 15) is 4.79 Å². The molecule has 3 aliphatic heterocycles. The Labute approximate surface area is 136 Å². The van der Waals surface area contributed by atoms with Gasteiger partial charge in [0.2, 0.25) is 0 Å². The van der Waals surface area contributed by atoms with Crippen molar-refractivity contribution < 1.29 is 14.3 Å². The molecule has 6 heteroatoms. The molecule has 4 aliphatic rings. The number of esters is 1. The Kier molecular flexibility index (Phi) is 4.09. The molecule has 4 unspecified atom stereocenters. The quantitative estimate of drug-likeness (QED) is 0.748. The molecule has 0 bridgehead atoms. The monoisotopic (exact) mass is 319 g/mol. The fourth-order valence-corrected chi connectivity index (χ4v) is 4.50. The molecule has 1 saturated heterocycles. The number of amidine groups is 1. The lowest BCUT2D eigenvalue weighted by Crippen LogP contribution is -2.50. The second-order valence-electron chi connectivity index (χ2n) is 6.93. The Hall–Kier alpha value is -1.43. The van der Waals surface area contributed by atoms with Gasteiger partial charge in [-0.1, -0.05) is 19.3 Å². The molecule has 1 saturated carbocycles. The molecule has 23 heavy (non-hydrogen) atoms. The van der Waals surface area contributed by atoms with Gasteiger partial charge in [0.25, 0.3) is 0 Å². The molecule has 0 aromatic rings. The first kappa shape index (κ1) is 15.1. The Morgan fingerprint density at radius 2 is 2.17 bits per heavy atom. The third-order valence-electron chi connectivity index (χ3n) is 5.59. The first-order chi connectivity index (χ1) is 11.3. The Balaban J connectivity index is 1.63. The van der Waals surface area contributed by atoms with E-state index in [2.05, 4.69) is 5.10 Å². The second-order valence-corrected chi connectivity index (χ2v) is 6.93. The number of carbonyl (C=O) groups excluding carboxylic acids is 1. The average molecular weight is 319 g/mol. The van der Waals surface area contributed by atoms with Crippen LogP contribution in [0.2, 0.25) is 0 Å². The zero-order chi connectivity index (χ0) is 15.8. The zero-order valence-electron chi connectivity index (χ0n) is 13.7. The number of ether oxygens (including phenoxy) is 2. The van der Waals surface area contributed by atoms with Crippen molar-refractivity contribution in [1.82, 2.24) is 5.01 Å². The zero-order valence-corrected chi connectivity index (χ0v) is 13.7. The number of fused-ring (bicyclic) bond motifs is 3. The summed E-state index contributed by atoms with van der Waals surface area (Å²) in [5.41, 5.74) is 0. The highest BCUT2D eigenvalue weighted by atomic mass is 16.5. The normalized spacial score (nSPS) is 36.6. The minimum Gasteiger partial charge on any atom is -0.465 e. The fraction of sp³-hybridized carbons (Fsp3) is 0.824. The summed E-state index contributed by atoms with van der Waals surface area (Å²) in [6.45, 7) is 2.97. The predicted molar refractivity (Wildman–Crippen MR) is 86.1 cm³/mol. The van der Waals surface area contributed by atoms with Crippen molar-refractivity contribution in [2.75, 3.05) is 13.2 Å². The van der Waals surface area contributed by atoms with E-state index < -0.39 is 5.92 Å². The molecule has 0 amide bonds. The number of hydrogen-bond acceptors (Lipinski definition) is 6. The topological polar surface area (TPSA) is 63.5 Å². The van der Waals surface area contributed by atoms with Crippen molar-refractivity contribution in [3.8, 4) is 0 Å². The molecule has 0 aromatic heterocycles. The van der Waals surface area contributed by atoms with Gasteiger partial charge in [0.1, 0.15) is 5.84 Å². The van der Waals surface area contributed by atoms with Gasteiger partial charge in [-0.15, -0.1) is 0 Å². The molecule has 0 aromatic carbocycles. The smallest absolute Gasteiger partial charge is 0.322 e. The molecule has 1 aliphatic carbocycles. The summed E-state index contributed by atoms with van der Waals surface area (Å²) in [4.78, 5) is 17.2. The van der Waals surface area contributed by atoms with Crippen molar-refractivity contribution in [1.29, 1.82) is 0 Å². The van der Waals surface area contributed by atoms with E-state index in [0.29, 0.717) is 18.4 Å². The van der Waals surface area contributed by atoms with Crippen LogP contribution in [-0.2, 0) is 14.3 Å². The van der Waals surface area contributed by atoms with Crippen LogP contribution in [0.4, 0.5) is 0 Å². The van der Waals surface area contributed by atoms with E-state index in [1.807, 2.05) is 11.9 Å². The molecule has 126 valence electrons. The van der Waals surface area contributed by atoms with Crippen molar-refractivity contribution in [2.24, 2.45) is 27.8 Å². The summed E-state index contributed by atoms with van der Waals surface area (Å²) in [5.74, 6) is 1.04. The number of rotatable bonds is 3. The van der Waals surface area contributed by atoms with Gasteiger partial charge < -0.3 is 9.47 Å². The van der Waals surface area contributed by atoms with Crippen LogP contribution in [-0.4, -0.2) is 48.5 Å². The number of aliphatic imine (C=N–C) groups is 1. The molecule has 6 nitrogen and oxygen atoms in total. The summed E-state index contributed by atoms with van der Waals surface area (Å²) >= 11 is 0. The molecular formula is C17H25N3O3. The first-order valence-corrected chi connectivity index (χ1v) is 8.99. The first-order valence-electron chi connectivity index (χ1n) is 8.99. The molecule has 0 radical (unpaired) electrons. The molecule has 0 N–H and O–H groups in total. The molecule has 0 spiro atoms. The van der Waals surface area contributed by atoms with Crippen LogP contribution in [0.3, 0.4) is 0 Å². The minimum absolute atomic E-state index is 0.0508. The maximum atomic E-state index is 12.2. The number of nitrogens with zero attached hydrogens (tertiary/aromatic N) is 3. The van der Waals surface area contributed by atoms with Gasteiger partial charge in [-0.25, -0.2) is 5.01 Å². The van der Waals surface area contributed by atoms with Crippen molar-refractivity contribution in [2.45, 2.75) is 57.7 Å². The summed E-state index contributed by atoms with van der Waals surface area (Å²) in [5, 5.41) is 6.25. The molecule has 4 atom stereocenters. The van der Waals surface area contributed by atoms with Crippen LogP contribution in [0, 0.1) is 17.8 Å². The van der Waals surface area contributed by atoms with Gasteiger partial charge >= 0.3 is 5.97 Å². The summed E-state index contributed by atoms with van der Waals surface area (Å²) in [6, 6.07) is 0.271. The standard InChI is InChI=1S/C17H25N3O3/c1-2-22-17(21)13-10-18-20-15(13)19-14(11-6-4-3-5-7-11)12-8-9-23-16(12)20/h10-14,16H,2-9H2,1H3. The van der Waals surface area contributed by atoms with Gasteiger partial charge in [-0.05, 0) is 32.1 Å². The van der Waals surface area contributed by atoms with Crippen LogP contribution in [0.1, 0.15) is 45.4 Å². The van der Waals surface area contributed by atoms with E-state index in [1.54, 1.807) is 6.21 Å². The predicted octanol–water partition coefficient (Wildman–Crippen LogP) is 2.19. The molecule has 4 rings (SSSR count). The van der Waals surface area contributed by atoms with E-state index in [4.69, 9.17) is 14.5 Å². The maximum absolute atomic E-state index is 12.2. The summed E-state index contributed by atoms with van der Waals surface area (Å²) in [7, 11) is 0. The fourth-order valence-electron chi connectivity index (χ4n) is 4.50. The van der Waals surface area contributed by atoms with Gasteiger partial charge in [0.05, 0.1) is 12.6 Å². The molecule has 2 fully saturated rings. The van der Waals surface area contributed by atoms with Crippen molar-refractivity contribution >= 4 is 18.0 Å². The molecular weight excluding hydrogens is 294 g/mol. The number of hydrogen-bond donors (Lipinski definition) is 0. The van der Waals surface area contributed by atoms with Crippen LogP contribution >= 0.6 is 0 Å². The highest BCUT2D eigenvalue weighted by Gasteiger charge is 2.50. The van der Waals surface area contributed by atoms with E-state index in [0.717, 1.165) is 18.9 Å². The third kappa shape index (κ3) is 2.57.